The lowest BCUT2D eigenvalue weighted by Crippen LogP contribution is -2.43. The molecule has 0 radical (unpaired) electrons. The van der Waals surface area contributed by atoms with Crippen LogP contribution in [-0.2, 0) is 35.1 Å². The van der Waals surface area contributed by atoms with Gasteiger partial charge in [-0.3, -0.25) is 9.59 Å². The number of ketones is 1. The molecule has 13 heteroatoms. The Kier molecular flexibility index (Phi) is 14.9. The highest BCUT2D eigenvalue weighted by Crippen LogP contribution is 2.09. The molecule has 0 aliphatic rings. The van der Waals surface area contributed by atoms with Crippen molar-refractivity contribution in [2.45, 2.75) is 64.0 Å². The maximum absolute atomic E-state index is 12.3. The molecule has 0 aliphatic heterocycles. The Balaban J connectivity index is 2.31. The molecule has 38 heavy (non-hydrogen) atoms. The maximum atomic E-state index is 12.3. The van der Waals surface area contributed by atoms with Gasteiger partial charge in [-0.1, -0.05) is 12.1 Å². The van der Waals surface area contributed by atoms with Crippen molar-refractivity contribution in [3.05, 3.63) is 33.4 Å². The van der Waals surface area contributed by atoms with E-state index >= 15 is 0 Å². The Morgan fingerprint density at radius 3 is 2.21 bits per heavy atom. The minimum atomic E-state index is -1.50. The molecular weight excluding hydrogens is 611 g/mol. The van der Waals surface area contributed by atoms with E-state index in [1.807, 2.05) is 24.3 Å². The lowest BCUT2D eigenvalue weighted by atomic mass is 10.1. The molecule has 0 unspecified atom stereocenters. The molecule has 0 aliphatic carbocycles. The van der Waals surface area contributed by atoms with Crippen molar-refractivity contribution in [2.24, 2.45) is 0 Å². The van der Waals surface area contributed by atoms with Gasteiger partial charge in [0, 0.05) is 36.5 Å². The molecule has 1 aromatic carbocycles. The summed E-state index contributed by atoms with van der Waals surface area (Å²) >= 11 is 2.19. The molecule has 0 aromatic heterocycles. The molecule has 210 valence electrons. The molecule has 12 nitrogen and oxygen atoms in total. The molecule has 3 amide bonds. The van der Waals surface area contributed by atoms with Crippen molar-refractivity contribution in [2.75, 3.05) is 20.1 Å². The monoisotopic (exact) mass is 645 g/mol. The minimum Gasteiger partial charge on any atom is -0.480 e. The highest BCUT2D eigenvalue weighted by atomic mass is 125. The molecule has 0 saturated carbocycles. The predicted molar refractivity (Wildman–Crippen MR) is 144 cm³/mol. The number of carbonyl (C=O) groups excluding carboxylic acids is 4. The summed E-state index contributed by atoms with van der Waals surface area (Å²) < 4.78 is 5.92. The molecule has 4 N–H and O–H groups in total. The van der Waals surface area contributed by atoms with Gasteiger partial charge < -0.3 is 35.3 Å². The quantitative estimate of drug-likeness (QED) is 0.146. The van der Waals surface area contributed by atoms with Gasteiger partial charge in [0.1, 0.15) is 11.8 Å². The number of nitrogens with zero attached hydrogens (tertiary/aromatic N) is 1. The zero-order valence-corrected chi connectivity index (χ0v) is 23.6. The number of carbonyl (C=O) groups is 6. The van der Waals surface area contributed by atoms with Crippen LogP contribution in [-0.4, -0.2) is 83.0 Å². The summed E-state index contributed by atoms with van der Waals surface area (Å²) in [5.74, 6) is -3.36. The van der Waals surface area contributed by atoms with Gasteiger partial charge in [0.05, 0.1) is 6.42 Å². The number of rotatable bonds is 17. The number of benzene rings is 1. The second-order valence-corrected chi connectivity index (χ2v) is 9.97. The summed E-state index contributed by atoms with van der Waals surface area (Å²) in [5.41, 5.74) is 0.891. The minimum absolute atomic E-state index is 0.0421. The topological polar surface area (TPSA) is 179 Å². The number of Topliss-reactive ketones (excluding diaryl/α,β-unsaturated/α-hetero) is 1. The Labute approximate surface area is 234 Å². The van der Waals surface area contributed by atoms with E-state index in [1.54, 1.807) is 7.05 Å². The Bertz CT molecular complexity index is 985. The summed E-state index contributed by atoms with van der Waals surface area (Å²) in [6.07, 6.45) is -1.87. The van der Waals surface area contributed by atoms with E-state index in [-0.39, 0.29) is 62.8 Å². The number of likely N-dealkylation sites (N-methyl/N-ethyl adjacent to an activating group) is 1. The van der Waals surface area contributed by atoms with Gasteiger partial charge >= 0.3 is 18.0 Å². The lowest BCUT2D eigenvalue weighted by molar-refractivity contribution is -0.147. The summed E-state index contributed by atoms with van der Waals surface area (Å²) in [5, 5.41) is 23.2. The molecule has 2 atom stereocenters. The predicted octanol–water partition coefficient (Wildman–Crippen LogP) is 1.97. The first kappa shape index (κ1) is 32.8. The zero-order valence-electron chi connectivity index (χ0n) is 21.4. The molecule has 0 saturated heterocycles. The number of hydrogen-bond donors (Lipinski definition) is 4. The summed E-state index contributed by atoms with van der Waals surface area (Å²) in [7, 11) is 1.63. The van der Waals surface area contributed by atoms with E-state index in [1.165, 1.54) is 11.8 Å². The van der Waals surface area contributed by atoms with Crippen LogP contribution in [0.2, 0.25) is 0 Å². The second kappa shape index (κ2) is 17.3. The molecule has 1 aromatic rings. The third-order valence-corrected chi connectivity index (χ3v) is 6.20. The number of nitrogens with one attached hydrogen (secondary N) is 2. The van der Waals surface area contributed by atoms with Crippen LogP contribution in [0.4, 0.5) is 4.79 Å². The van der Waals surface area contributed by atoms with Crippen LogP contribution in [0.1, 0.15) is 51.0 Å². The molecule has 1 rings (SSSR count). The van der Waals surface area contributed by atoms with Gasteiger partial charge in [0.2, 0.25) is 17.9 Å². The average Bonchev–Trinajstić information content (AvgIpc) is 2.84. The third kappa shape index (κ3) is 13.9. The fourth-order valence-corrected chi connectivity index (χ4v) is 3.58. The van der Waals surface area contributed by atoms with Crippen molar-refractivity contribution in [1.82, 2.24) is 15.5 Å². The van der Waals surface area contributed by atoms with Crippen LogP contribution in [0.15, 0.2) is 24.3 Å². The van der Waals surface area contributed by atoms with Crippen molar-refractivity contribution in [3.8, 4) is 0 Å². The number of carboxylic acids is 2. The van der Waals surface area contributed by atoms with Gasteiger partial charge in [0.15, 0.2) is 0 Å². The fourth-order valence-electron chi connectivity index (χ4n) is 3.22. The van der Waals surface area contributed by atoms with Crippen LogP contribution in [0.5, 0.6) is 0 Å². The first-order valence-electron chi connectivity index (χ1n) is 12.1. The van der Waals surface area contributed by atoms with E-state index in [2.05, 4.69) is 33.2 Å². The van der Waals surface area contributed by atoms with Gasteiger partial charge in [-0.15, -0.1) is 0 Å². The van der Waals surface area contributed by atoms with Crippen LogP contribution >= 0.6 is 22.6 Å². The maximum Gasteiger partial charge on any atom is 0.408 e. The van der Waals surface area contributed by atoms with Gasteiger partial charge in [0.25, 0.3) is 0 Å². The average molecular weight is 645 g/mol. The SMILES string of the molecule is CC(=O)CC[C@H](NC(=O)O[C@@H](CCCCNC(=O)CCN(C)C(=O)Cc1ccc([125I])cc1)C(=O)O)C(=O)O. The van der Waals surface area contributed by atoms with Crippen LogP contribution in [0, 0.1) is 3.57 Å². The van der Waals surface area contributed by atoms with Crippen LogP contribution < -0.4 is 10.6 Å². The number of alkyl carbamates (subject to hydrolysis) is 1. The largest absolute Gasteiger partial charge is 0.480 e. The van der Waals surface area contributed by atoms with Crippen LogP contribution in [0.25, 0.3) is 0 Å². The van der Waals surface area contributed by atoms with E-state index in [0.29, 0.717) is 12.8 Å². The second-order valence-electron chi connectivity index (χ2n) is 8.72. The van der Waals surface area contributed by atoms with Gasteiger partial charge in [-0.25, -0.2) is 14.4 Å². The lowest BCUT2D eigenvalue weighted by Gasteiger charge is -2.18. The van der Waals surface area contributed by atoms with E-state index in [0.717, 1.165) is 9.13 Å². The highest BCUT2D eigenvalue weighted by Gasteiger charge is 2.26. The highest BCUT2D eigenvalue weighted by molar-refractivity contribution is 14.1. The third-order valence-electron chi connectivity index (χ3n) is 5.48. The van der Waals surface area contributed by atoms with Crippen molar-refractivity contribution in [1.29, 1.82) is 0 Å². The number of carboxylic acid groups (broad SMARTS) is 2. The Hall–Kier alpha value is -3.23. The summed E-state index contributed by atoms with van der Waals surface area (Å²) in [6, 6.07) is 6.23. The summed E-state index contributed by atoms with van der Waals surface area (Å²) in [4.78, 5) is 71.5. The molecular formula is C25H34IN3O9. The van der Waals surface area contributed by atoms with Crippen LogP contribution in [0.3, 0.4) is 0 Å². The number of unbranched alkanes of at least 4 members (excludes halogenated alkanes) is 1. The van der Waals surface area contributed by atoms with E-state index < -0.39 is 30.2 Å². The van der Waals surface area contributed by atoms with E-state index in [9.17, 15) is 33.9 Å². The smallest absolute Gasteiger partial charge is 0.408 e. The standard InChI is InChI=1S/C25H34IN3O9/c1-16(30)6-11-19(23(33)34)28-25(37)38-20(24(35)36)5-3-4-13-27-21(31)12-14-29(2)22(32)15-17-7-9-18(26)10-8-17/h7-10,19-20H,3-6,11-15H2,1-2H3,(H,27,31)(H,28,37)(H,33,34)(H,35,36)/t19-,20-/m0/s1/i26-2. The number of amides is 3. The van der Waals surface area contributed by atoms with E-state index in [4.69, 9.17) is 9.84 Å². The fraction of sp³-hybridized carbons (Fsp3) is 0.520. The number of aliphatic carboxylic acids is 2. The normalized spacial score (nSPS) is 12.1. The Morgan fingerprint density at radius 1 is 0.974 bits per heavy atom. The number of halogens is 1. The molecule has 0 spiro atoms. The van der Waals surface area contributed by atoms with Gasteiger partial charge in [-0.05, 0) is 72.9 Å². The van der Waals surface area contributed by atoms with Crippen molar-refractivity contribution >= 4 is 58.2 Å². The number of ether oxygens (including phenoxy) is 1. The molecule has 0 heterocycles. The first-order valence-corrected chi connectivity index (χ1v) is 13.1. The van der Waals surface area contributed by atoms with Crippen molar-refractivity contribution in [3.63, 3.8) is 0 Å². The Morgan fingerprint density at radius 2 is 1.63 bits per heavy atom. The summed E-state index contributed by atoms with van der Waals surface area (Å²) in [6.45, 7) is 1.81. The number of hydrogen-bond acceptors (Lipinski definition) is 7. The molecule has 0 bridgehead atoms. The first-order chi connectivity index (χ1) is 17.9. The van der Waals surface area contributed by atoms with Gasteiger partial charge in [-0.2, -0.15) is 0 Å². The van der Waals surface area contributed by atoms with Crippen molar-refractivity contribution < 1.29 is 43.7 Å². The molecule has 0 fully saturated rings. The zero-order chi connectivity index (χ0) is 28.7.